The van der Waals surface area contributed by atoms with Crippen molar-refractivity contribution in [3.05, 3.63) is 64.7 Å². The number of para-hydroxylation sites is 1. The number of hydrogen-bond acceptors (Lipinski definition) is 5. The molecule has 1 aliphatic rings. The number of amides is 1. The first-order chi connectivity index (χ1) is 13.9. The third-order valence-electron chi connectivity index (χ3n) is 5.46. The molecule has 0 unspecified atom stereocenters. The maximum Gasteiger partial charge on any atom is 0.475 e. The second-order valence-electron chi connectivity index (χ2n) is 7.85. The lowest BCUT2D eigenvalue weighted by molar-refractivity contribution is -0.120. The van der Waals surface area contributed by atoms with E-state index in [4.69, 9.17) is 0 Å². The summed E-state index contributed by atoms with van der Waals surface area (Å²) in [6, 6.07) is 13.3. The highest BCUT2D eigenvalue weighted by Crippen LogP contribution is 2.23. The zero-order valence-electron chi connectivity index (χ0n) is 16.8. The van der Waals surface area contributed by atoms with Gasteiger partial charge >= 0.3 is 7.12 Å². The van der Waals surface area contributed by atoms with Gasteiger partial charge in [0.25, 0.3) is 0 Å². The molecule has 0 aliphatic carbocycles. The zero-order valence-corrected chi connectivity index (χ0v) is 16.8. The Morgan fingerprint density at radius 3 is 2.41 bits per heavy atom. The Morgan fingerprint density at radius 1 is 1.10 bits per heavy atom. The number of phenols is 1. The lowest BCUT2D eigenvalue weighted by atomic mass is 9.75. The van der Waals surface area contributed by atoms with Gasteiger partial charge in [0.2, 0.25) is 5.91 Å². The summed E-state index contributed by atoms with van der Waals surface area (Å²) in [7, 11) is -1.72. The van der Waals surface area contributed by atoms with Gasteiger partial charge in [-0.05, 0) is 61.5 Å². The molecule has 7 heteroatoms. The summed E-state index contributed by atoms with van der Waals surface area (Å²) in [6.45, 7) is 5.00. The van der Waals surface area contributed by atoms with Gasteiger partial charge in [0.05, 0.1) is 12.4 Å². The molecule has 1 aliphatic heterocycles. The largest absolute Gasteiger partial charge is 0.507 e. The van der Waals surface area contributed by atoms with Gasteiger partial charge in [0.15, 0.2) is 0 Å². The SMILES string of the molecule is Cc1cccc(C[C@H](NC(=O)Cc2ccc(CN3CCCC3)cc2)B(O)O)c1O. The highest BCUT2D eigenvalue weighted by molar-refractivity contribution is 6.43. The Balaban J connectivity index is 1.56. The number of nitrogens with one attached hydrogen (secondary N) is 1. The van der Waals surface area contributed by atoms with E-state index >= 15 is 0 Å². The number of hydrogen-bond donors (Lipinski definition) is 4. The third kappa shape index (κ3) is 6.06. The molecule has 4 N–H and O–H groups in total. The number of nitrogens with zero attached hydrogens (tertiary/aromatic N) is 1. The van der Waals surface area contributed by atoms with Gasteiger partial charge in [-0.1, -0.05) is 42.5 Å². The molecule has 6 nitrogen and oxygen atoms in total. The molecule has 0 bridgehead atoms. The van der Waals surface area contributed by atoms with Crippen molar-refractivity contribution in [2.75, 3.05) is 13.1 Å². The van der Waals surface area contributed by atoms with E-state index in [0.717, 1.165) is 25.2 Å². The van der Waals surface area contributed by atoms with Crippen LogP contribution in [-0.4, -0.2) is 52.1 Å². The minimum absolute atomic E-state index is 0.112. The molecular formula is C22H29BN2O4. The molecule has 1 amide bonds. The summed E-state index contributed by atoms with van der Waals surface area (Å²) in [5.74, 6) is -1.08. The van der Waals surface area contributed by atoms with Crippen LogP contribution >= 0.6 is 0 Å². The minimum Gasteiger partial charge on any atom is -0.507 e. The van der Waals surface area contributed by atoms with Crippen molar-refractivity contribution in [2.45, 2.75) is 45.1 Å². The molecule has 1 heterocycles. The summed E-state index contributed by atoms with van der Waals surface area (Å²) < 4.78 is 0. The fourth-order valence-corrected chi connectivity index (χ4v) is 3.76. The molecule has 2 aromatic rings. The van der Waals surface area contributed by atoms with Crippen molar-refractivity contribution in [1.82, 2.24) is 10.2 Å². The van der Waals surface area contributed by atoms with Crippen LogP contribution in [0.15, 0.2) is 42.5 Å². The Bertz CT molecular complexity index is 820. The van der Waals surface area contributed by atoms with Crippen LogP contribution in [0.5, 0.6) is 5.75 Å². The van der Waals surface area contributed by atoms with E-state index in [1.807, 2.05) is 24.3 Å². The topological polar surface area (TPSA) is 93.0 Å². The number of aromatic hydroxyl groups is 1. The first-order valence-corrected chi connectivity index (χ1v) is 10.2. The highest BCUT2D eigenvalue weighted by atomic mass is 16.4. The Labute approximate surface area is 172 Å². The van der Waals surface area contributed by atoms with E-state index in [1.54, 1.807) is 25.1 Å². The van der Waals surface area contributed by atoms with Gasteiger partial charge in [0, 0.05) is 6.54 Å². The van der Waals surface area contributed by atoms with Gasteiger partial charge in [-0.2, -0.15) is 0 Å². The number of rotatable bonds is 8. The van der Waals surface area contributed by atoms with Crippen LogP contribution in [0.3, 0.4) is 0 Å². The molecule has 0 saturated carbocycles. The quantitative estimate of drug-likeness (QED) is 0.509. The Morgan fingerprint density at radius 2 is 1.76 bits per heavy atom. The number of benzene rings is 2. The van der Waals surface area contributed by atoms with Gasteiger partial charge in [0.1, 0.15) is 5.75 Å². The molecule has 29 heavy (non-hydrogen) atoms. The van der Waals surface area contributed by atoms with E-state index in [-0.39, 0.29) is 24.5 Å². The normalized spacial score (nSPS) is 15.3. The number of phenolic OH excluding ortho intramolecular Hbond substituents is 1. The molecule has 154 valence electrons. The maximum atomic E-state index is 12.4. The second kappa shape index (κ2) is 9.92. The monoisotopic (exact) mass is 396 g/mol. The molecule has 0 radical (unpaired) electrons. The van der Waals surface area contributed by atoms with Gasteiger partial charge < -0.3 is 20.5 Å². The fourth-order valence-electron chi connectivity index (χ4n) is 3.76. The molecule has 2 aromatic carbocycles. The summed E-state index contributed by atoms with van der Waals surface area (Å²) in [6.07, 6.45) is 2.81. The molecule has 0 aromatic heterocycles. The molecule has 1 saturated heterocycles. The molecule has 1 atom stereocenters. The van der Waals surface area contributed by atoms with Crippen molar-refractivity contribution in [3.63, 3.8) is 0 Å². The molecular weight excluding hydrogens is 367 g/mol. The summed E-state index contributed by atoms with van der Waals surface area (Å²) in [5.41, 5.74) is 3.37. The summed E-state index contributed by atoms with van der Waals surface area (Å²) >= 11 is 0. The van der Waals surface area contributed by atoms with Crippen molar-refractivity contribution in [1.29, 1.82) is 0 Å². The minimum atomic E-state index is -1.72. The lowest BCUT2D eigenvalue weighted by Gasteiger charge is -2.19. The van der Waals surface area contributed by atoms with Crippen molar-refractivity contribution >= 4 is 13.0 Å². The molecule has 3 rings (SSSR count). The van der Waals surface area contributed by atoms with Crippen LogP contribution in [0.1, 0.15) is 35.1 Å². The van der Waals surface area contributed by atoms with Crippen molar-refractivity contribution < 1.29 is 19.9 Å². The maximum absolute atomic E-state index is 12.4. The van der Waals surface area contributed by atoms with Gasteiger partial charge in [-0.25, -0.2) is 0 Å². The fraction of sp³-hybridized carbons (Fsp3) is 0.409. The first kappa shape index (κ1) is 21.4. The summed E-state index contributed by atoms with van der Waals surface area (Å²) in [4.78, 5) is 14.9. The number of carbonyl (C=O) groups is 1. The van der Waals surface area contributed by atoms with E-state index in [9.17, 15) is 19.9 Å². The summed E-state index contributed by atoms with van der Waals surface area (Å²) in [5, 5.41) is 32.2. The molecule has 0 spiro atoms. The van der Waals surface area contributed by atoms with Crippen LogP contribution in [-0.2, 0) is 24.2 Å². The van der Waals surface area contributed by atoms with Crippen LogP contribution in [0, 0.1) is 6.92 Å². The van der Waals surface area contributed by atoms with E-state index in [0.29, 0.717) is 11.1 Å². The second-order valence-corrected chi connectivity index (χ2v) is 7.85. The number of aryl methyl sites for hydroxylation is 1. The average molecular weight is 396 g/mol. The van der Waals surface area contributed by atoms with Crippen LogP contribution in [0.4, 0.5) is 0 Å². The Kier molecular flexibility index (Phi) is 7.31. The molecule has 1 fully saturated rings. The standard InChI is InChI=1S/C22H29BN2O4/c1-16-5-4-6-19(22(16)27)14-20(23(28)29)24-21(26)13-17-7-9-18(10-8-17)15-25-11-2-3-12-25/h4-10,20,27-29H,2-3,11-15H2,1H3,(H,24,26)/t20-/m0/s1. The van der Waals surface area contributed by atoms with Crippen molar-refractivity contribution in [2.24, 2.45) is 0 Å². The van der Waals surface area contributed by atoms with Crippen LogP contribution in [0.2, 0.25) is 0 Å². The van der Waals surface area contributed by atoms with Crippen molar-refractivity contribution in [3.8, 4) is 5.75 Å². The first-order valence-electron chi connectivity index (χ1n) is 10.2. The smallest absolute Gasteiger partial charge is 0.475 e. The predicted octanol–water partition coefficient (Wildman–Crippen LogP) is 1.58. The van der Waals surface area contributed by atoms with Crippen LogP contribution in [0.25, 0.3) is 0 Å². The Hall–Kier alpha value is -2.35. The van der Waals surface area contributed by atoms with E-state index < -0.39 is 13.1 Å². The average Bonchev–Trinajstić information content (AvgIpc) is 3.19. The van der Waals surface area contributed by atoms with Gasteiger partial charge in [-0.3, -0.25) is 9.69 Å². The highest BCUT2D eigenvalue weighted by Gasteiger charge is 2.26. The van der Waals surface area contributed by atoms with Crippen LogP contribution < -0.4 is 5.32 Å². The zero-order chi connectivity index (χ0) is 20.8. The number of carbonyl (C=O) groups excluding carboxylic acids is 1. The number of likely N-dealkylation sites (tertiary alicyclic amines) is 1. The van der Waals surface area contributed by atoms with E-state index in [1.165, 1.54) is 18.4 Å². The van der Waals surface area contributed by atoms with Gasteiger partial charge in [-0.15, -0.1) is 0 Å². The third-order valence-corrected chi connectivity index (χ3v) is 5.46. The predicted molar refractivity (Wildman–Crippen MR) is 113 cm³/mol. The van der Waals surface area contributed by atoms with E-state index in [2.05, 4.69) is 10.2 Å². The lowest BCUT2D eigenvalue weighted by Crippen LogP contribution is -2.48.